The minimum Gasteiger partial charge on any atom is -0.507 e. The van der Waals surface area contributed by atoms with Crippen LogP contribution in [-0.2, 0) is 51.1 Å². The van der Waals surface area contributed by atoms with Gasteiger partial charge in [-0.05, 0) is 129 Å². The summed E-state index contributed by atoms with van der Waals surface area (Å²) in [5, 5.41) is 58.8. The fraction of sp³-hybridized carbons (Fsp3) is 0.234. The summed E-state index contributed by atoms with van der Waals surface area (Å²) in [7, 11) is 0. The third kappa shape index (κ3) is 7.11. The zero-order valence-corrected chi connectivity index (χ0v) is 30.2. The van der Waals surface area contributed by atoms with E-state index >= 15 is 0 Å². The minimum absolute atomic E-state index is 0.0254. The van der Waals surface area contributed by atoms with Crippen molar-refractivity contribution < 1.29 is 30.6 Å². The summed E-state index contributed by atoms with van der Waals surface area (Å²) < 4.78 is 0. The molecule has 6 heteroatoms. The number of phenols is 2. The summed E-state index contributed by atoms with van der Waals surface area (Å²) in [5.74, 6) is -0.0712. The average Bonchev–Trinajstić information content (AvgIpc) is 3.41. The first-order valence-electron chi connectivity index (χ1n) is 18.2. The van der Waals surface area contributed by atoms with Crippen molar-refractivity contribution in [1.29, 1.82) is 0 Å². The van der Waals surface area contributed by atoms with Crippen molar-refractivity contribution in [2.24, 2.45) is 0 Å². The average molecular weight is 707 g/mol. The Morgan fingerprint density at radius 2 is 0.792 bits per heavy atom. The Hall–Kier alpha value is -5.24. The van der Waals surface area contributed by atoms with Crippen LogP contribution in [0, 0.1) is 0 Å². The largest absolute Gasteiger partial charge is 0.507 e. The van der Waals surface area contributed by atoms with Crippen LogP contribution in [0.4, 0.5) is 0 Å². The molecule has 0 saturated heterocycles. The molecule has 0 saturated carbocycles. The van der Waals surface area contributed by atoms with Gasteiger partial charge in [0.1, 0.15) is 11.5 Å². The molecule has 0 unspecified atom stereocenters. The molecular weight excluding hydrogens is 661 g/mol. The first-order valence-corrected chi connectivity index (χ1v) is 18.2. The van der Waals surface area contributed by atoms with Gasteiger partial charge in [-0.1, -0.05) is 86.6 Å². The van der Waals surface area contributed by atoms with Gasteiger partial charge in [0.05, 0.1) is 26.4 Å². The molecule has 6 nitrogen and oxygen atoms in total. The highest BCUT2D eigenvalue weighted by Crippen LogP contribution is 2.50. The summed E-state index contributed by atoms with van der Waals surface area (Å²) >= 11 is 0. The molecule has 270 valence electrons. The number of fused-ring (bicyclic) bond motifs is 3. The maximum absolute atomic E-state index is 10.2. The molecule has 0 radical (unpaired) electrons. The van der Waals surface area contributed by atoms with Gasteiger partial charge in [0, 0.05) is 27.7 Å². The molecule has 1 aliphatic rings. The first-order chi connectivity index (χ1) is 25.6. The molecule has 6 aromatic carbocycles. The second-order valence-electron chi connectivity index (χ2n) is 14.7. The van der Waals surface area contributed by atoms with Crippen molar-refractivity contribution >= 4 is 0 Å². The van der Waals surface area contributed by atoms with Crippen molar-refractivity contribution in [3.8, 4) is 44.9 Å². The van der Waals surface area contributed by atoms with Crippen molar-refractivity contribution in [3.63, 3.8) is 0 Å². The molecule has 7 rings (SSSR count). The van der Waals surface area contributed by atoms with E-state index in [2.05, 4.69) is 98.8 Å². The lowest BCUT2D eigenvalue weighted by molar-refractivity contribution is 0.263. The van der Waals surface area contributed by atoms with E-state index in [1.807, 2.05) is 12.1 Å². The van der Waals surface area contributed by atoms with E-state index in [0.717, 1.165) is 47.1 Å². The van der Waals surface area contributed by atoms with Crippen molar-refractivity contribution in [1.82, 2.24) is 0 Å². The molecule has 0 aliphatic heterocycles. The quantitative estimate of drug-likeness (QED) is 0.0760. The third-order valence-electron chi connectivity index (χ3n) is 10.9. The van der Waals surface area contributed by atoms with Gasteiger partial charge in [0.2, 0.25) is 0 Å². The number of hydrogen-bond acceptors (Lipinski definition) is 6. The van der Waals surface area contributed by atoms with Crippen molar-refractivity contribution in [2.45, 2.75) is 71.4 Å². The number of hydrogen-bond donors (Lipinski definition) is 6. The molecule has 6 N–H and O–H groups in total. The molecule has 0 aromatic heterocycles. The second kappa shape index (κ2) is 15.0. The number of rotatable bonds is 12. The highest BCUT2D eigenvalue weighted by Gasteiger charge is 2.35. The van der Waals surface area contributed by atoms with Crippen LogP contribution < -0.4 is 0 Å². The third-order valence-corrected chi connectivity index (χ3v) is 10.9. The topological polar surface area (TPSA) is 121 Å². The van der Waals surface area contributed by atoms with Crippen LogP contribution in [0.2, 0.25) is 0 Å². The Morgan fingerprint density at radius 3 is 1.23 bits per heavy atom. The summed E-state index contributed by atoms with van der Waals surface area (Å²) in [4.78, 5) is 0. The summed E-state index contributed by atoms with van der Waals surface area (Å²) in [6.07, 6.45) is 3.22. The van der Waals surface area contributed by atoms with Gasteiger partial charge in [-0.2, -0.15) is 0 Å². The summed E-state index contributed by atoms with van der Waals surface area (Å²) in [6.45, 7) is 3.52. The van der Waals surface area contributed by atoms with E-state index < -0.39 is 0 Å². The molecular formula is C47H46O6. The summed E-state index contributed by atoms with van der Waals surface area (Å²) in [6, 6.07) is 38.1. The fourth-order valence-corrected chi connectivity index (χ4v) is 7.90. The highest BCUT2D eigenvalue weighted by atomic mass is 16.3. The van der Waals surface area contributed by atoms with Crippen molar-refractivity contribution in [2.75, 3.05) is 0 Å². The van der Waals surface area contributed by atoms with Gasteiger partial charge < -0.3 is 30.6 Å². The molecule has 0 amide bonds. The number of benzene rings is 6. The second-order valence-corrected chi connectivity index (χ2v) is 14.7. The van der Waals surface area contributed by atoms with Crippen LogP contribution in [0.25, 0.3) is 33.4 Å². The maximum atomic E-state index is 10.2. The Labute approximate surface area is 310 Å². The van der Waals surface area contributed by atoms with Gasteiger partial charge in [-0.15, -0.1) is 0 Å². The Balaban J connectivity index is 1.04. The van der Waals surface area contributed by atoms with Gasteiger partial charge in [0.15, 0.2) is 0 Å². The molecule has 6 aromatic rings. The van der Waals surface area contributed by atoms with Crippen LogP contribution in [0.1, 0.15) is 75.9 Å². The van der Waals surface area contributed by atoms with Crippen LogP contribution in [0.5, 0.6) is 11.5 Å². The molecule has 0 atom stereocenters. The zero-order chi connectivity index (χ0) is 37.3. The minimum atomic E-state index is -0.285. The van der Waals surface area contributed by atoms with E-state index in [1.54, 1.807) is 12.1 Å². The fourth-order valence-electron chi connectivity index (χ4n) is 7.90. The number of aliphatic hydroxyl groups excluding tert-OH is 4. The lowest BCUT2D eigenvalue weighted by Gasteiger charge is -2.22. The van der Waals surface area contributed by atoms with Gasteiger partial charge in [-0.3, -0.25) is 0 Å². The molecule has 0 spiro atoms. The zero-order valence-electron chi connectivity index (χ0n) is 30.2. The van der Waals surface area contributed by atoms with Gasteiger partial charge >= 0.3 is 0 Å². The normalized spacial score (nSPS) is 12.9. The molecule has 0 bridgehead atoms. The predicted molar refractivity (Wildman–Crippen MR) is 210 cm³/mol. The van der Waals surface area contributed by atoms with Gasteiger partial charge in [0.25, 0.3) is 0 Å². The Bertz CT molecular complexity index is 2220. The van der Waals surface area contributed by atoms with Gasteiger partial charge in [-0.25, -0.2) is 0 Å². The smallest absolute Gasteiger partial charge is 0.126 e. The lowest BCUT2D eigenvalue weighted by atomic mass is 9.81. The van der Waals surface area contributed by atoms with Crippen LogP contribution in [-0.4, -0.2) is 30.6 Å². The Kier molecular flexibility index (Phi) is 10.2. The number of aryl methyl sites for hydroxylation is 2. The molecule has 1 aliphatic carbocycles. The van der Waals surface area contributed by atoms with E-state index in [1.165, 1.54) is 38.9 Å². The molecule has 0 fully saturated rings. The first kappa shape index (κ1) is 36.1. The number of aliphatic hydroxyl groups is 4. The van der Waals surface area contributed by atoms with E-state index in [9.17, 15) is 30.6 Å². The molecule has 0 heterocycles. The van der Waals surface area contributed by atoms with Crippen LogP contribution >= 0.6 is 0 Å². The van der Waals surface area contributed by atoms with Crippen LogP contribution in [0.3, 0.4) is 0 Å². The SMILES string of the molecule is CC1(C)c2cc(-c3ccc(CCCc4cc(CO)c(O)c(CO)c4)cc3)ccc2-c2ccc(-c3ccc(Cc4cc(CO)c(O)c(CO)c4)cc3)cc21. The standard InChI is InChI=1S/C47H46O6/c1-47(2)43-23-35(33-10-6-29(7-11-33)4-3-5-31-19-37(25-48)45(52)38(20-31)26-49)14-16-41(43)42-17-15-36(24-44(42)47)34-12-8-30(9-13-34)18-32-21-39(27-50)46(53)40(22-32)28-51/h6-17,19-24,48-53H,3-5,18,25-28H2,1-2H3. The maximum Gasteiger partial charge on any atom is 0.126 e. The van der Waals surface area contributed by atoms with Crippen LogP contribution in [0.15, 0.2) is 109 Å². The van der Waals surface area contributed by atoms with E-state index in [-0.39, 0.29) is 43.3 Å². The monoisotopic (exact) mass is 706 g/mol. The Morgan fingerprint density at radius 1 is 0.415 bits per heavy atom. The van der Waals surface area contributed by atoms with Crippen molar-refractivity contribution in [3.05, 3.63) is 165 Å². The highest BCUT2D eigenvalue weighted by molar-refractivity contribution is 5.85. The van der Waals surface area contributed by atoms with E-state index in [0.29, 0.717) is 28.7 Å². The summed E-state index contributed by atoms with van der Waals surface area (Å²) in [5.41, 5.74) is 15.7. The predicted octanol–water partition coefficient (Wildman–Crippen LogP) is 8.47. The molecule has 53 heavy (non-hydrogen) atoms. The van der Waals surface area contributed by atoms with E-state index in [4.69, 9.17) is 0 Å². The lowest BCUT2D eigenvalue weighted by Crippen LogP contribution is -2.15. The number of aromatic hydroxyl groups is 2.